The topological polar surface area (TPSA) is 89.8 Å². The summed E-state index contributed by atoms with van der Waals surface area (Å²) in [4.78, 5) is 32.9. The summed E-state index contributed by atoms with van der Waals surface area (Å²) >= 11 is 0. The number of hydrogen-bond acceptors (Lipinski definition) is 6. The minimum absolute atomic E-state index is 0.0222. The number of rotatable bonds is 5. The molecule has 2 amide bonds. The monoisotopic (exact) mass is 441 g/mol. The van der Waals surface area contributed by atoms with Crippen LogP contribution < -0.4 is 9.47 Å². The number of carbonyl (C=O) groups is 2. The van der Waals surface area contributed by atoms with Gasteiger partial charge in [-0.3, -0.25) is 14.3 Å². The lowest BCUT2D eigenvalue weighted by Crippen LogP contribution is -2.47. The highest BCUT2D eigenvalue weighted by Gasteiger charge is 2.40. The van der Waals surface area contributed by atoms with Crippen LogP contribution >= 0.6 is 0 Å². The zero-order valence-corrected chi connectivity index (χ0v) is 18.8. The van der Waals surface area contributed by atoms with Gasteiger partial charge in [0.2, 0.25) is 11.8 Å². The molecule has 2 aliphatic rings. The summed E-state index contributed by atoms with van der Waals surface area (Å²) in [5.41, 5.74) is 0.447. The van der Waals surface area contributed by atoms with Crippen molar-refractivity contribution in [2.45, 2.75) is 57.7 Å². The molecule has 0 aliphatic carbocycles. The molecule has 1 aromatic heterocycles. The molecule has 0 unspecified atom stereocenters. The summed E-state index contributed by atoms with van der Waals surface area (Å²) in [5, 5.41) is 4.08. The van der Waals surface area contributed by atoms with Gasteiger partial charge in [-0.1, -0.05) is 0 Å². The normalized spacial score (nSPS) is 20.8. The minimum Gasteiger partial charge on any atom is -0.497 e. The van der Waals surface area contributed by atoms with Gasteiger partial charge in [-0.15, -0.1) is 0 Å². The van der Waals surface area contributed by atoms with Gasteiger partial charge < -0.3 is 19.3 Å². The third-order valence-electron chi connectivity index (χ3n) is 6.37. The van der Waals surface area contributed by atoms with Gasteiger partial charge in [-0.05, 0) is 37.5 Å². The van der Waals surface area contributed by atoms with Crippen LogP contribution in [-0.2, 0) is 22.7 Å². The number of ether oxygens (including phenoxy) is 2. The highest BCUT2D eigenvalue weighted by molar-refractivity contribution is 5.76. The van der Waals surface area contributed by atoms with Crippen LogP contribution in [-0.4, -0.2) is 68.7 Å². The van der Waals surface area contributed by atoms with Crippen molar-refractivity contribution >= 4 is 11.8 Å². The van der Waals surface area contributed by atoms with Gasteiger partial charge in [0, 0.05) is 51.5 Å². The fourth-order valence-corrected chi connectivity index (χ4v) is 4.58. The van der Waals surface area contributed by atoms with Crippen molar-refractivity contribution in [3.63, 3.8) is 0 Å². The lowest BCUT2D eigenvalue weighted by molar-refractivity contribution is -0.133. The van der Waals surface area contributed by atoms with Crippen molar-refractivity contribution in [2.75, 3.05) is 26.7 Å². The molecule has 4 rings (SSSR count). The number of aryl methyl sites for hydroxylation is 1. The van der Waals surface area contributed by atoms with Crippen molar-refractivity contribution in [3.05, 3.63) is 36.4 Å². The summed E-state index contributed by atoms with van der Waals surface area (Å²) in [7, 11) is 1.63. The second-order valence-electron chi connectivity index (χ2n) is 8.63. The predicted molar refractivity (Wildman–Crippen MR) is 117 cm³/mol. The number of hydrogen-bond donors (Lipinski definition) is 0. The van der Waals surface area contributed by atoms with E-state index in [2.05, 4.69) is 10.1 Å². The van der Waals surface area contributed by atoms with E-state index in [1.54, 1.807) is 25.0 Å². The molecule has 172 valence electrons. The maximum Gasteiger partial charge on any atom is 0.222 e. The fourth-order valence-electron chi connectivity index (χ4n) is 4.58. The van der Waals surface area contributed by atoms with Crippen molar-refractivity contribution in [3.8, 4) is 11.5 Å². The molecule has 0 bridgehead atoms. The van der Waals surface area contributed by atoms with E-state index in [1.807, 2.05) is 28.0 Å². The van der Waals surface area contributed by atoms with E-state index in [9.17, 15) is 9.59 Å². The van der Waals surface area contributed by atoms with Gasteiger partial charge >= 0.3 is 0 Å². The van der Waals surface area contributed by atoms with Crippen LogP contribution in [0.2, 0.25) is 0 Å². The third kappa shape index (κ3) is 5.03. The van der Waals surface area contributed by atoms with Crippen LogP contribution in [0.5, 0.6) is 11.5 Å². The Hall–Kier alpha value is -3.10. The average Bonchev–Trinajstić information content (AvgIpc) is 3.13. The molecular weight excluding hydrogens is 410 g/mol. The Bertz CT molecular complexity index is 948. The molecule has 2 aromatic rings. The number of aromatic nitrogens is 3. The number of carbonyl (C=O) groups excluding carboxylic acids is 2. The van der Waals surface area contributed by atoms with Gasteiger partial charge in [0.15, 0.2) is 0 Å². The first kappa shape index (κ1) is 22.1. The van der Waals surface area contributed by atoms with Crippen LogP contribution in [0.25, 0.3) is 0 Å². The second kappa shape index (κ2) is 9.58. The smallest absolute Gasteiger partial charge is 0.222 e. The third-order valence-corrected chi connectivity index (χ3v) is 6.37. The first-order valence-electron chi connectivity index (χ1n) is 11.2. The first-order valence-corrected chi connectivity index (χ1v) is 11.2. The van der Waals surface area contributed by atoms with E-state index in [-0.39, 0.29) is 11.8 Å². The predicted octanol–water partition coefficient (Wildman–Crippen LogP) is 2.26. The summed E-state index contributed by atoms with van der Waals surface area (Å²) in [5.74, 6) is 1.72. The molecule has 1 atom stereocenters. The van der Waals surface area contributed by atoms with Gasteiger partial charge in [-0.25, -0.2) is 4.98 Å². The molecule has 1 fully saturated rings. The van der Waals surface area contributed by atoms with E-state index in [0.29, 0.717) is 45.6 Å². The van der Waals surface area contributed by atoms with Crippen molar-refractivity contribution < 1.29 is 19.1 Å². The Labute approximate surface area is 188 Å². The summed E-state index contributed by atoms with van der Waals surface area (Å²) in [6.45, 7) is 4.63. The number of likely N-dealkylation sites (tertiary alicyclic amines) is 1. The largest absolute Gasteiger partial charge is 0.497 e. The van der Waals surface area contributed by atoms with Gasteiger partial charge in [-0.2, -0.15) is 5.10 Å². The highest BCUT2D eigenvalue weighted by Crippen LogP contribution is 2.37. The lowest BCUT2D eigenvalue weighted by Gasteiger charge is -2.35. The summed E-state index contributed by atoms with van der Waals surface area (Å²) in [6.07, 6.45) is 6.71. The Balaban J connectivity index is 1.44. The summed E-state index contributed by atoms with van der Waals surface area (Å²) < 4.78 is 13.7. The summed E-state index contributed by atoms with van der Waals surface area (Å²) in [6, 6.07) is 5.75. The molecule has 0 radical (unpaired) electrons. The quantitative estimate of drug-likeness (QED) is 0.707. The minimum atomic E-state index is -0.499. The molecule has 1 spiro atoms. The lowest BCUT2D eigenvalue weighted by atomic mass is 9.93. The molecule has 1 aromatic carbocycles. The van der Waals surface area contributed by atoms with E-state index in [0.717, 1.165) is 36.3 Å². The number of benzene rings is 1. The molecular formula is C23H31N5O4. The van der Waals surface area contributed by atoms with Crippen molar-refractivity contribution in [2.24, 2.45) is 0 Å². The standard InChI is InChI=1S/C23H31N5O4/c1-18(29)27-14-19-13-20(31-2)6-7-21(19)32-23(15-27)8-4-10-26(12-9-23)22(30)5-3-11-28-17-24-16-25-28/h6-7,13,16-17H,3-5,8-12,14-15H2,1-2H3/t23-/m1/s1. The molecule has 0 saturated carbocycles. The number of fused-ring (bicyclic) bond motifs is 1. The average molecular weight is 442 g/mol. The second-order valence-corrected chi connectivity index (χ2v) is 8.63. The maximum absolute atomic E-state index is 12.8. The van der Waals surface area contributed by atoms with Crippen LogP contribution in [0.15, 0.2) is 30.9 Å². The number of amides is 2. The molecule has 2 aliphatic heterocycles. The Morgan fingerprint density at radius 1 is 1.22 bits per heavy atom. The van der Waals surface area contributed by atoms with Gasteiger partial charge in [0.25, 0.3) is 0 Å². The number of nitrogens with zero attached hydrogens (tertiary/aromatic N) is 5. The zero-order valence-electron chi connectivity index (χ0n) is 18.8. The molecule has 3 heterocycles. The maximum atomic E-state index is 12.8. The van der Waals surface area contributed by atoms with Crippen LogP contribution in [0.3, 0.4) is 0 Å². The van der Waals surface area contributed by atoms with Crippen LogP contribution in [0.1, 0.15) is 44.6 Å². The Morgan fingerprint density at radius 2 is 2.09 bits per heavy atom. The molecule has 0 N–H and O–H groups in total. The molecule has 1 saturated heterocycles. The van der Waals surface area contributed by atoms with E-state index >= 15 is 0 Å². The van der Waals surface area contributed by atoms with E-state index < -0.39 is 5.60 Å². The fraction of sp³-hybridized carbons (Fsp3) is 0.565. The highest BCUT2D eigenvalue weighted by atomic mass is 16.5. The zero-order chi connectivity index (χ0) is 22.6. The molecule has 32 heavy (non-hydrogen) atoms. The van der Waals surface area contributed by atoms with E-state index in [4.69, 9.17) is 9.47 Å². The van der Waals surface area contributed by atoms with Crippen LogP contribution in [0, 0.1) is 0 Å². The van der Waals surface area contributed by atoms with E-state index in [1.165, 1.54) is 6.33 Å². The Morgan fingerprint density at radius 3 is 2.84 bits per heavy atom. The van der Waals surface area contributed by atoms with Crippen LogP contribution in [0.4, 0.5) is 0 Å². The van der Waals surface area contributed by atoms with Gasteiger partial charge in [0.1, 0.15) is 29.8 Å². The molecule has 9 nitrogen and oxygen atoms in total. The Kier molecular flexibility index (Phi) is 6.62. The van der Waals surface area contributed by atoms with Gasteiger partial charge in [0.05, 0.1) is 13.7 Å². The SMILES string of the molecule is COc1ccc2c(c1)CN(C(C)=O)C[C@]1(CCCN(C(=O)CCCn3cncn3)CC1)O2. The molecule has 9 heteroatoms. The number of methoxy groups -OCH3 is 1. The van der Waals surface area contributed by atoms with Crippen molar-refractivity contribution in [1.29, 1.82) is 0 Å². The first-order chi connectivity index (χ1) is 15.5. The van der Waals surface area contributed by atoms with Crippen molar-refractivity contribution in [1.82, 2.24) is 24.6 Å².